The standard InChI is InChI=1S/C21H24N4OS/c1-14-5-4-6-18(11-14)27-17-7-9-24(10-8-17)21(26)19-13-16(3)25-20(22-19)12-15(2)23-25/h4-6,11-13,17H,7-10H2,1-3H3. The van der Waals surface area contributed by atoms with Crippen LogP contribution in [0, 0.1) is 20.8 Å². The third-order valence-corrected chi connectivity index (χ3v) is 6.30. The van der Waals surface area contributed by atoms with Gasteiger partial charge in [0.2, 0.25) is 0 Å². The van der Waals surface area contributed by atoms with Gasteiger partial charge < -0.3 is 4.90 Å². The number of aromatic nitrogens is 3. The second-order valence-corrected chi connectivity index (χ2v) is 8.64. The van der Waals surface area contributed by atoms with E-state index in [0.29, 0.717) is 10.9 Å². The molecule has 0 saturated carbocycles. The average Bonchev–Trinajstić information content (AvgIpc) is 3.03. The summed E-state index contributed by atoms with van der Waals surface area (Å²) >= 11 is 1.93. The lowest BCUT2D eigenvalue weighted by molar-refractivity contribution is 0.0721. The van der Waals surface area contributed by atoms with Crippen molar-refractivity contribution in [2.75, 3.05) is 13.1 Å². The Morgan fingerprint density at radius 1 is 1.11 bits per heavy atom. The molecular weight excluding hydrogens is 356 g/mol. The molecule has 0 spiro atoms. The highest BCUT2D eigenvalue weighted by Gasteiger charge is 2.25. The zero-order valence-electron chi connectivity index (χ0n) is 16.0. The third kappa shape index (κ3) is 3.86. The molecule has 0 aliphatic carbocycles. The number of carbonyl (C=O) groups is 1. The van der Waals surface area contributed by atoms with Crippen LogP contribution in [0.3, 0.4) is 0 Å². The van der Waals surface area contributed by atoms with Gasteiger partial charge in [-0.3, -0.25) is 4.79 Å². The van der Waals surface area contributed by atoms with E-state index in [2.05, 4.69) is 41.3 Å². The Hall–Kier alpha value is -2.34. The lowest BCUT2D eigenvalue weighted by atomic mass is 10.1. The molecule has 1 aliphatic heterocycles. The lowest BCUT2D eigenvalue weighted by Gasteiger charge is -2.31. The normalized spacial score (nSPS) is 15.4. The van der Waals surface area contributed by atoms with Crippen LogP contribution in [0.1, 0.15) is 40.3 Å². The third-order valence-electron chi connectivity index (χ3n) is 4.97. The summed E-state index contributed by atoms with van der Waals surface area (Å²) in [6, 6.07) is 12.4. The highest BCUT2D eigenvalue weighted by molar-refractivity contribution is 8.00. The van der Waals surface area contributed by atoms with Crippen LogP contribution in [-0.2, 0) is 0 Å². The van der Waals surface area contributed by atoms with Gasteiger partial charge in [-0.05, 0) is 51.8 Å². The fraction of sp³-hybridized carbons (Fsp3) is 0.381. The van der Waals surface area contributed by atoms with E-state index in [1.165, 1.54) is 10.5 Å². The quantitative estimate of drug-likeness (QED) is 0.688. The smallest absolute Gasteiger partial charge is 0.272 e. The van der Waals surface area contributed by atoms with Gasteiger partial charge in [-0.25, -0.2) is 9.50 Å². The van der Waals surface area contributed by atoms with Crippen LogP contribution in [0.15, 0.2) is 41.3 Å². The minimum absolute atomic E-state index is 0.0264. The zero-order valence-corrected chi connectivity index (χ0v) is 16.8. The first-order valence-corrected chi connectivity index (χ1v) is 10.2. The van der Waals surface area contributed by atoms with Gasteiger partial charge in [0.1, 0.15) is 5.69 Å². The Morgan fingerprint density at radius 2 is 1.89 bits per heavy atom. The molecule has 0 radical (unpaired) electrons. The molecule has 0 atom stereocenters. The van der Waals surface area contributed by atoms with E-state index in [0.717, 1.165) is 43.0 Å². The van der Waals surface area contributed by atoms with Gasteiger partial charge in [0.15, 0.2) is 5.65 Å². The molecule has 1 saturated heterocycles. The summed E-state index contributed by atoms with van der Waals surface area (Å²) in [5, 5.41) is 4.97. The average molecular weight is 381 g/mol. The number of likely N-dealkylation sites (tertiary alicyclic amines) is 1. The second-order valence-electron chi connectivity index (χ2n) is 7.26. The molecule has 1 aliphatic rings. The number of benzene rings is 1. The molecular formula is C21H24N4OS. The van der Waals surface area contributed by atoms with Crippen LogP contribution in [0.5, 0.6) is 0 Å². The van der Waals surface area contributed by atoms with Crippen LogP contribution < -0.4 is 0 Å². The number of piperidine rings is 1. The number of fused-ring (bicyclic) bond motifs is 1. The van der Waals surface area contributed by atoms with Crippen molar-refractivity contribution >= 4 is 23.3 Å². The fourth-order valence-corrected chi connectivity index (χ4v) is 4.81. The predicted molar refractivity (Wildman–Crippen MR) is 108 cm³/mol. The summed E-state index contributed by atoms with van der Waals surface area (Å²) in [6.07, 6.45) is 2.02. The largest absolute Gasteiger partial charge is 0.337 e. The predicted octanol–water partition coefficient (Wildman–Crippen LogP) is 4.05. The van der Waals surface area contributed by atoms with Crippen molar-refractivity contribution in [1.82, 2.24) is 19.5 Å². The molecule has 3 heterocycles. The maximum atomic E-state index is 12.9. The number of aryl methyl sites for hydroxylation is 3. The molecule has 27 heavy (non-hydrogen) atoms. The van der Waals surface area contributed by atoms with E-state index in [4.69, 9.17) is 0 Å². The highest BCUT2D eigenvalue weighted by atomic mass is 32.2. The summed E-state index contributed by atoms with van der Waals surface area (Å²) in [7, 11) is 0. The monoisotopic (exact) mass is 380 g/mol. The van der Waals surface area contributed by atoms with Crippen molar-refractivity contribution in [3.63, 3.8) is 0 Å². The molecule has 1 fully saturated rings. The zero-order chi connectivity index (χ0) is 19.0. The first-order valence-electron chi connectivity index (χ1n) is 9.36. The molecule has 0 N–H and O–H groups in total. The summed E-state index contributed by atoms with van der Waals surface area (Å²) in [4.78, 5) is 20.7. The number of hydrogen-bond donors (Lipinski definition) is 0. The number of thioether (sulfide) groups is 1. The minimum atomic E-state index is 0.0264. The highest BCUT2D eigenvalue weighted by Crippen LogP contribution is 2.31. The van der Waals surface area contributed by atoms with Crippen LogP contribution in [0.25, 0.3) is 5.65 Å². The van der Waals surface area contributed by atoms with Crippen LogP contribution in [0.2, 0.25) is 0 Å². The number of nitrogens with zero attached hydrogens (tertiary/aromatic N) is 4. The van der Waals surface area contributed by atoms with Crippen molar-refractivity contribution in [2.24, 2.45) is 0 Å². The molecule has 0 unspecified atom stereocenters. The molecule has 2 aromatic heterocycles. The van der Waals surface area contributed by atoms with Crippen LogP contribution in [-0.4, -0.2) is 43.7 Å². The van der Waals surface area contributed by atoms with E-state index in [-0.39, 0.29) is 5.91 Å². The number of rotatable bonds is 3. The van der Waals surface area contributed by atoms with Gasteiger partial charge >= 0.3 is 0 Å². The van der Waals surface area contributed by atoms with E-state index < -0.39 is 0 Å². The molecule has 5 nitrogen and oxygen atoms in total. The van der Waals surface area contributed by atoms with Crippen molar-refractivity contribution in [1.29, 1.82) is 0 Å². The Kier molecular flexibility index (Phi) is 4.91. The molecule has 1 aromatic carbocycles. The van der Waals surface area contributed by atoms with Crippen molar-refractivity contribution in [2.45, 2.75) is 43.8 Å². The summed E-state index contributed by atoms with van der Waals surface area (Å²) in [5.74, 6) is 0.0264. The second kappa shape index (κ2) is 7.35. The van der Waals surface area contributed by atoms with E-state index >= 15 is 0 Å². The Morgan fingerprint density at radius 3 is 2.63 bits per heavy atom. The van der Waals surface area contributed by atoms with Crippen molar-refractivity contribution < 1.29 is 4.79 Å². The van der Waals surface area contributed by atoms with E-state index in [9.17, 15) is 4.79 Å². The maximum Gasteiger partial charge on any atom is 0.272 e. The summed E-state index contributed by atoms with van der Waals surface area (Å²) in [6.45, 7) is 7.59. The van der Waals surface area contributed by atoms with E-state index in [1.807, 2.05) is 42.6 Å². The summed E-state index contributed by atoms with van der Waals surface area (Å²) in [5.41, 5.74) is 4.38. The van der Waals surface area contributed by atoms with Crippen LogP contribution in [0.4, 0.5) is 0 Å². The number of amides is 1. The molecule has 0 bridgehead atoms. The van der Waals surface area contributed by atoms with Gasteiger partial charge in [0.05, 0.1) is 5.69 Å². The number of carbonyl (C=O) groups excluding carboxylic acids is 1. The van der Waals surface area contributed by atoms with Crippen molar-refractivity contribution in [3.8, 4) is 0 Å². The Balaban J connectivity index is 1.42. The van der Waals surface area contributed by atoms with Gasteiger partial charge in [-0.2, -0.15) is 5.10 Å². The Labute approximate surface area is 163 Å². The SMILES string of the molecule is Cc1cccc(SC2CCN(C(=O)c3cc(C)n4nc(C)cc4n3)CC2)c1. The minimum Gasteiger partial charge on any atom is -0.337 e. The van der Waals surface area contributed by atoms with Gasteiger partial charge in [-0.1, -0.05) is 17.7 Å². The van der Waals surface area contributed by atoms with Crippen molar-refractivity contribution in [3.05, 3.63) is 59.0 Å². The van der Waals surface area contributed by atoms with E-state index in [1.54, 1.807) is 4.52 Å². The Bertz CT molecular complexity index is 989. The molecule has 4 rings (SSSR count). The topological polar surface area (TPSA) is 50.5 Å². The maximum absolute atomic E-state index is 12.9. The van der Waals surface area contributed by atoms with Gasteiger partial charge in [0, 0.05) is 35.0 Å². The first kappa shape index (κ1) is 18.0. The van der Waals surface area contributed by atoms with Gasteiger partial charge in [-0.15, -0.1) is 11.8 Å². The molecule has 1 amide bonds. The van der Waals surface area contributed by atoms with Gasteiger partial charge in [0.25, 0.3) is 5.91 Å². The fourth-order valence-electron chi connectivity index (χ4n) is 3.57. The molecule has 3 aromatic rings. The summed E-state index contributed by atoms with van der Waals surface area (Å²) < 4.78 is 1.79. The van der Waals surface area contributed by atoms with Crippen LogP contribution >= 0.6 is 11.8 Å². The lowest BCUT2D eigenvalue weighted by Crippen LogP contribution is -2.39. The molecule has 140 valence electrons. The first-order chi connectivity index (χ1) is 13.0. The molecule has 6 heteroatoms. The number of hydrogen-bond acceptors (Lipinski definition) is 4.